The lowest BCUT2D eigenvalue weighted by atomic mass is 9.71. The summed E-state index contributed by atoms with van der Waals surface area (Å²) in [6, 6.07) is 22.0. The van der Waals surface area contributed by atoms with Crippen LogP contribution in [0.25, 0.3) is 22.5 Å². The molecule has 8 fully saturated rings. The minimum atomic E-state index is -0.660. The molecule has 0 radical (unpaired) electrons. The summed E-state index contributed by atoms with van der Waals surface area (Å²) in [6.45, 7) is 20.6. The molecule has 486 valence electrons. The van der Waals surface area contributed by atoms with Crippen molar-refractivity contribution in [3.63, 3.8) is 0 Å². The number of primary amides is 1. The van der Waals surface area contributed by atoms with Gasteiger partial charge in [0, 0.05) is 175 Å². The summed E-state index contributed by atoms with van der Waals surface area (Å²) >= 11 is 0. The Hall–Kier alpha value is -7.60. The number of ether oxygens (including phenoxy) is 2. The van der Waals surface area contributed by atoms with Gasteiger partial charge in [0.05, 0.1) is 6.67 Å². The summed E-state index contributed by atoms with van der Waals surface area (Å²) in [7, 11) is 2.25. The number of hydrogen-bond donors (Lipinski definition) is 6. The second-order valence-corrected chi connectivity index (χ2v) is 27.7. The van der Waals surface area contributed by atoms with Crippen molar-refractivity contribution in [3.05, 3.63) is 108 Å². The third kappa shape index (κ3) is 13.7. The van der Waals surface area contributed by atoms with Gasteiger partial charge < -0.3 is 61.4 Å². The van der Waals surface area contributed by atoms with E-state index < -0.39 is 5.91 Å². The Morgan fingerprint density at radius 1 is 0.533 bits per heavy atom. The molecular formula is C70H92N18O4. The molecule has 0 aliphatic carbocycles. The largest absolute Gasteiger partial charge is 0.381 e. The number of nitrogens with zero attached hydrogens (tertiary/aromatic N) is 12. The number of anilines is 8. The maximum absolute atomic E-state index is 14.7. The number of nitrogens with one attached hydrogen (secondary N) is 5. The van der Waals surface area contributed by atoms with E-state index in [0.29, 0.717) is 90.7 Å². The Morgan fingerprint density at radius 3 is 1.45 bits per heavy atom. The van der Waals surface area contributed by atoms with Crippen LogP contribution in [0.3, 0.4) is 0 Å². The van der Waals surface area contributed by atoms with Crippen LogP contribution in [0.4, 0.5) is 46.0 Å². The van der Waals surface area contributed by atoms with E-state index in [1.54, 1.807) is 24.8 Å². The van der Waals surface area contributed by atoms with E-state index in [4.69, 9.17) is 35.1 Å². The maximum atomic E-state index is 14.7. The molecule has 22 nitrogen and oxygen atoms in total. The molecule has 0 bridgehead atoms. The fourth-order valence-corrected chi connectivity index (χ4v) is 16.1. The van der Waals surface area contributed by atoms with Crippen LogP contribution in [-0.2, 0) is 9.47 Å². The standard InChI is InChI=1S/C70H92N18O4/c1-47-40-53(77-66-61(63(71)89)79-59(49-8-24-72-25-9-49)64(81-66)75-51-16-36-91-37-17-51)4-6-58(47)87-30-14-56(15-31-87)88-44-70(45-88)20-32-84(33-21-70)46-74-68(90)62-67(82-65(76-52-18-38-92-39-19-52)60(80-62)50-10-26-73-27-11-50)78-54-5-7-57(48(2)41-54)86-28-12-55(13-29-86)85-34-22-69(23-35-85)42-83(3)43-69/h4-11,24-27,40-41,51-52,55-56H,12-23,28-39,42-46H2,1-3H3,(H2,71,89)(H,74,90)(H2,75,77,81)(H2,76,78,82). The number of likely N-dealkylation sites (tertiary alicyclic amines) is 4. The Labute approximate surface area is 541 Å². The van der Waals surface area contributed by atoms with E-state index in [1.165, 1.54) is 68.8 Å². The SMILES string of the molecule is Cc1cc(Nc2nc(NC3CCOCC3)c(-c3ccncc3)nc2C(=O)NCN2CCC3(CC2)CN(C2CCN(c4ccc(Nc5nc(NC6CCOCC6)c(-c6ccncc6)nc5C(N)=O)cc4C)CC2)C3)ccc1N1CCC(N2CCC3(CC2)CN(C)C3)CC1. The summed E-state index contributed by atoms with van der Waals surface area (Å²) in [5.74, 6) is 1.02. The molecular weight excluding hydrogens is 1160 g/mol. The highest BCUT2D eigenvalue weighted by Crippen LogP contribution is 2.44. The maximum Gasteiger partial charge on any atom is 0.274 e. The monoisotopic (exact) mass is 1250 g/mol. The Bertz CT molecular complexity index is 3540. The molecule has 12 heterocycles. The first-order valence-corrected chi connectivity index (χ1v) is 33.9. The number of piperidine rings is 4. The first-order valence-electron chi connectivity index (χ1n) is 33.9. The second kappa shape index (κ2) is 27.2. The van der Waals surface area contributed by atoms with E-state index >= 15 is 0 Å². The first-order chi connectivity index (χ1) is 44.9. The molecule has 8 saturated heterocycles. The molecule has 0 atom stereocenters. The number of amides is 2. The van der Waals surface area contributed by atoms with Crippen LogP contribution in [0.5, 0.6) is 0 Å². The third-order valence-electron chi connectivity index (χ3n) is 21.4. The fourth-order valence-electron chi connectivity index (χ4n) is 16.1. The molecule has 0 saturated carbocycles. The van der Waals surface area contributed by atoms with Crippen LogP contribution in [0, 0.1) is 24.7 Å². The van der Waals surface area contributed by atoms with E-state index in [1.807, 2.05) is 30.3 Å². The highest BCUT2D eigenvalue weighted by molar-refractivity contribution is 5.99. The van der Waals surface area contributed by atoms with Crippen molar-refractivity contribution in [1.29, 1.82) is 0 Å². The van der Waals surface area contributed by atoms with Crippen molar-refractivity contribution in [2.75, 3.05) is 150 Å². The average Bonchev–Trinajstić information content (AvgIpc) is 0.855. The zero-order valence-corrected chi connectivity index (χ0v) is 54.0. The fraction of sp³-hybridized carbons (Fsp3) is 0.543. The summed E-state index contributed by atoms with van der Waals surface area (Å²) in [4.78, 5) is 71.8. The molecule has 4 aromatic heterocycles. The number of carbonyl (C=O) groups is 2. The zero-order valence-electron chi connectivity index (χ0n) is 54.0. The van der Waals surface area contributed by atoms with Crippen molar-refractivity contribution >= 4 is 57.8 Å². The van der Waals surface area contributed by atoms with Crippen molar-refractivity contribution < 1.29 is 19.1 Å². The van der Waals surface area contributed by atoms with Crippen LogP contribution in [0.2, 0.25) is 0 Å². The molecule has 14 rings (SSSR count). The zero-order chi connectivity index (χ0) is 62.8. The lowest BCUT2D eigenvalue weighted by Gasteiger charge is -2.57. The Morgan fingerprint density at radius 2 is 0.978 bits per heavy atom. The smallest absolute Gasteiger partial charge is 0.274 e. The van der Waals surface area contributed by atoms with Gasteiger partial charge in [-0.1, -0.05) is 0 Å². The van der Waals surface area contributed by atoms with Crippen molar-refractivity contribution in [1.82, 2.24) is 54.8 Å². The Balaban J connectivity index is 0.585. The van der Waals surface area contributed by atoms with Gasteiger partial charge in [-0.3, -0.25) is 29.4 Å². The molecule has 0 unspecified atom stereocenters. The van der Waals surface area contributed by atoms with Gasteiger partial charge >= 0.3 is 0 Å². The lowest BCUT2D eigenvalue weighted by Crippen LogP contribution is -2.64. The predicted molar refractivity (Wildman–Crippen MR) is 361 cm³/mol. The van der Waals surface area contributed by atoms with Crippen molar-refractivity contribution in [3.8, 4) is 22.5 Å². The van der Waals surface area contributed by atoms with Gasteiger partial charge in [-0.05, 0) is 194 Å². The van der Waals surface area contributed by atoms with Gasteiger partial charge in [-0.15, -0.1) is 0 Å². The minimum absolute atomic E-state index is 0.0716. The first kappa shape index (κ1) is 61.9. The molecule has 6 aromatic rings. The summed E-state index contributed by atoms with van der Waals surface area (Å²) in [6.07, 6.45) is 19.8. The molecule has 8 aliphatic heterocycles. The van der Waals surface area contributed by atoms with Crippen LogP contribution < -0.4 is 42.1 Å². The van der Waals surface area contributed by atoms with Gasteiger partial charge in [0.15, 0.2) is 34.7 Å². The van der Waals surface area contributed by atoms with Crippen molar-refractivity contribution in [2.24, 2.45) is 16.6 Å². The van der Waals surface area contributed by atoms with E-state index in [-0.39, 0.29) is 29.4 Å². The van der Waals surface area contributed by atoms with Crippen LogP contribution in [0.1, 0.15) is 109 Å². The molecule has 2 spiro atoms. The van der Waals surface area contributed by atoms with E-state index in [9.17, 15) is 9.59 Å². The van der Waals surface area contributed by atoms with Gasteiger partial charge in [-0.2, -0.15) is 0 Å². The number of hydrogen-bond acceptors (Lipinski definition) is 20. The quantitative estimate of drug-likeness (QED) is 0.0473. The highest BCUT2D eigenvalue weighted by atomic mass is 16.5. The van der Waals surface area contributed by atoms with Gasteiger partial charge in [0.25, 0.3) is 11.8 Å². The summed E-state index contributed by atoms with van der Waals surface area (Å²) in [5, 5.41) is 17.6. The normalized spacial score (nSPS) is 21.4. The second-order valence-electron chi connectivity index (χ2n) is 27.7. The number of benzene rings is 2. The summed E-state index contributed by atoms with van der Waals surface area (Å²) < 4.78 is 11.3. The molecule has 92 heavy (non-hydrogen) atoms. The number of nitrogens with two attached hydrogens (primary N) is 1. The van der Waals surface area contributed by atoms with Gasteiger partial charge in [0.1, 0.15) is 11.4 Å². The van der Waals surface area contributed by atoms with E-state index in [2.05, 4.69) is 117 Å². The minimum Gasteiger partial charge on any atom is -0.381 e. The molecule has 2 aromatic carbocycles. The lowest BCUT2D eigenvalue weighted by molar-refractivity contribution is -0.0739. The number of rotatable bonds is 18. The molecule has 2 amide bonds. The number of carbonyl (C=O) groups excluding carboxylic acids is 2. The molecule has 22 heteroatoms. The Kier molecular flexibility index (Phi) is 18.3. The van der Waals surface area contributed by atoms with Crippen LogP contribution in [-0.4, -0.2) is 204 Å². The van der Waals surface area contributed by atoms with Crippen LogP contribution >= 0.6 is 0 Å². The molecule has 7 N–H and O–H groups in total. The van der Waals surface area contributed by atoms with Crippen LogP contribution in [0.15, 0.2) is 85.5 Å². The predicted octanol–water partition coefficient (Wildman–Crippen LogP) is 8.53. The van der Waals surface area contributed by atoms with Gasteiger partial charge in [0.2, 0.25) is 0 Å². The topological polar surface area (TPSA) is 236 Å². The van der Waals surface area contributed by atoms with E-state index in [0.717, 1.165) is 132 Å². The number of aryl methyl sites for hydroxylation is 2. The third-order valence-corrected chi connectivity index (χ3v) is 21.4. The molecule has 8 aliphatic rings. The summed E-state index contributed by atoms with van der Waals surface area (Å²) in [5.41, 5.74) is 16.4. The number of aromatic nitrogens is 6. The average molecular weight is 1250 g/mol. The highest BCUT2D eigenvalue weighted by Gasteiger charge is 2.48. The van der Waals surface area contributed by atoms with Crippen molar-refractivity contribution in [2.45, 2.75) is 115 Å². The number of pyridine rings is 2. The van der Waals surface area contributed by atoms with Gasteiger partial charge in [-0.25, -0.2) is 19.9 Å².